The van der Waals surface area contributed by atoms with E-state index in [-0.39, 0.29) is 23.6 Å². The standard InChI is InChI=1S/C18H15Cl2NO3/c1-11(16-9-12-5-2-3-7-14(12)24-16)21-17(22)10-23-15-8-4-6-13(19)18(15)20/h2-9,11H,10H2,1H3,(H,21,22)/t11-/m0/s1. The molecule has 124 valence electrons. The van der Waals surface area contributed by atoms with Crippen LogP contribution in [0.2, 0.25) is 10.0 Å². The van der Waals surface area contributed by atoms with Gasteiger partial charge in [-0.1, -0.05) is 47.5 Å². The molecule has 1 heterocycles. The van der Waals surface area contributed by atoms with Crippen LogP contribution in [0.4, 0.5) is 0 Å². The van der Waals surface area contributed by atoms with Gasteiger partial charge >= 0.3 is 0 Å². The lowest BCUT2D eigenvalue weighted by Gasteiger charge is -2.13. The highest BCUT2D eigenvalue weighted by atomic mass is 35.5. The third kappa shape index (κ3) is 3.66. The van der Waals surface area contributed by atoms with Crippen LogP contribution in [0.3, 0.4) is 0 Å². The summed E-state index contributed by atoms with van der Waals surface area (Å²) < 4.78 is 11.2. The van der Waals surface area contributed by atoms with Crippen molar-refractivity contribution in [2.45, 2.75) is 13.0 Å². The predicted molar refractivity (Wildman–Crippen MR) is 94.7 cm³/mol. The normalized spacial score (nSPS) is 12.1. The van der Waals surface area contributed by atoms with Gasteiger partial charge in [0, 0.05) is 5.39 Å². The van der Waals surface area contributed by atoms with Crippen molar-refractivity contribution < 1.29 is 13.9 Å². The smallest absolute Gasteiger partial charge is 0.258 e. The Morgan fingerprint density at radius 1 is 1.21 bits per heavy atom. The van der Waals surface area contributed by atoms with E-state index >= 15 is 0 Å². The van der Waals surface area contributed by atoms with Crippen LogP contribution in [-0.4, -0.2) is 12.5 Å². The number of amides is 1. The van der Waals surface area contributed by atoms with E-state index in [4.69, 9.17) is 32.4 Å². The topological polar surface area (TPSA) is 51.5 Å². The summed E-state index contributed by atoms with van der Waals surface area (Å²) in [7, 11) is 0. The van der Waals surface area contributed by atoms with Crippen molar-refractivity contribution in [1.82, 2.24) is 5.32 Å². The summed E-state index contributed by atoms with van der Waals surface area (Å²) in [6.07, 6.45) is 0. The zero-order valence-electron chi connectivity index (χ0n) is 12.9. The van der Waals surface area contributed by atoms with E-state index in [0.29, 0.717) is 16.5 Å². The highest BCUT2D eigenvalue weighted by molar-refractivity contribution is 6.42. The SMILES string of the molecule is C[C@H](NC(=O)COc1cccc(Cl)c1Cl)c1cc2ccccc2o1. The number of nitrogens with one attached hydrogen (secondary N) is 1. The van der Waals surface area contributed by atoms with Crippen LogP contribution in [0, 0.1) is 0 Å². The van der Waals surface area contributed by atoms with Crippen molar-refractivity contribution in [2.75, 3.05) is 6.61 Å². The molecule has 0 spiro atoms. The third-order valence-corrected chi connectivity index (χ3v) is 4.33. The van der Waals surface area contributed by atoms with Gasteiger partial charge in [-0.25, -0.2) is 0 Å². The largest absolute Gasteiger partial charge is 0.482 e. The van der Waals surface area contributed by atoms with Crippen LogP contribution in [0.25, 0.3) is 11.0 Å². The van der Waals surface area contributed by atoms with Crippen molar-refractivity contribution >= 4 is 40.1 Å². The summed E-state index contributed by atoms with van der Waals surface area (Å²) in [5, 5.41) is 4.49. The highest BCUT2D eigenvalue weighted by Crippen LogP contribution is 2.31. The molecular weight excluding hydrogens is 349 g/mol. The van der Waals surface area contributed by atoms with Crippen molar-refractivity contribution in [2.24, 2.45) is 0 Å². The molecule has 0 aliphatic rings. The molecule has 1 atom stereocenters. The maximum atomic E-state index is 12.1. The van der Waals surface area contributed by atoms with Crippen molar-refractivity contribution in [3.05, 3.63) is 64.3 Å². The van der Waals surface area contributed by atoms with Gasteiger partial charge in [0.05, 0.1) is 11.1 Å². The van der Waals surface area contributed by atoms with E-state index < -0.39 is 0 Å². The molecule has 4 nitrogen and oxygen atoms in total. The Bertz CT molecular complexity index is 843. The molecule has 24 heavy (non-hydrogen) atoms. The second-order valence-corrected chi connectivity index (χ2v) is 6.10. The number of fused-ring (bicyclic) bond motifs is 1. The molecule has 0 aliphatic heterocycles. The summed E-state index contributed by atoms with van der Waals surface area (Å²) in [5.74, 6) is 0.778. The van der Waals surface area contributed by atoms with Crippen molar-refractivity contribution in [1.29, 1.82) is 0 Å². The molecule has 0 saturated heterocycles. The van der Waals surface area contributed by atoms with Gasteiger partial charge in [-0.2, -0.15) is 0 Å². The average Bonchev–Trinajstić information content (AvgIpc) is 3.00. The molecule has 3 aromatic rings. The lowest BCUT2D eigenvalue weighted by Crippen LogP contribution is -2.31. The lowest BCUT2D eigenvalue weighted by atomic mass is 10.2. The van der Waals surface area contributed by atoms with Crippen LogP contribution in [0.15, 0.2) is 52.9 Å². The molecule has 0 radical (unpaired) electrons. The van der Waals surface area contributed by atoms with Crippen LogP contribution in [-0.2, 0) is 4.79 Å². The van der Waals surface area contributed by atoms with E-state index in [9.17, 15) is 4.79 Å². The highest BCUT2D eigenvalue weighted by Gasteiger charge is 2.15. The Balaban J connectivity index is 1.60. The van der Waals surface area contributed by atoms with E-state index in [1.165, 1.54) is 0 Å². The molecule has 0 bridgehead atoms. The summed E-state index contributed by atoms with van der Waals surface area (Å²) >= 11 is 11.9. The molecule has 1 amide bonds. The molecule has 1 aromatic heterocycles. The average molecular weight is 364 g/mol. The lowest BCUT2D eigenvalue weighted by molar-refractivity contribution is -0.123. The molecule has 0 fully saturated rings. The fourth-order valence-electron chi connectivity index (χ4n) is 2.31. The number of furan rings is 1. The second kappa shape index (κ2) is 7.16. The van der Waals surface area contributed by atoms with Crippen LogP contribution in [0.5, 0.6) is 5.75 Å². The Kier molecular flexibility index (Phi) is 4.97. The zero-order valence-corrected chi connectivity index (χ0v) is 14.4. The molecule has 0 unspecified atom stereocenters. The minimum absolute atomic E-state index is 0.162. The van der Waals surface area contributed by atoms with Gasteiger partial charge in [0.15, 0.2) is 6.61 Å². The van der Waals surface area contributed by atoms with Gasteiger partial charge < -0.3 is 14.5 Å². The van der Waals surface area contributed by atoms with E-state index in [0.717, 1.165) is 11.0 Å². The number of halogens is 2. The Hall–Kier alpha value is -2.17. The number of benzene rings is 2. The predicted octanol–water partition coefficient (Wildman–Crippen LogP) is 5.00. The first-order valence-electron chi connectivity index (χ1n) is 7.39. The second-order valence-electron chi connectivity index (χ2n) is 5.32. The van der Waals surface area contributed by atoms with Gasteiger partial charge in [-0.3, -0.25) is 4.79 Å². The first-order valence-corrected chi connectivity index (χ1v) is 8.15. The van der Waals surface area contributed by atoms with E-state index in [1.807, 2.05) is 37.3 Å². The molecule has 1 N–H and O–H groups in total. The van der Waals surface area contributed by atoms with Crippen LogP contribution in [0.1, 0.15) is 18.7 Å². The quantitative estimate of drug-likeness (QED) is 0.694. The first kappa shape index (κ1) is 16.7. The van der Waals surface area contributed by atoms with Crippen LogP contribution < -0.4 is 10.1 Å². The Morgan fingerprint density at radius 2 is 2.00 bits per heavy atom. The van der Waals surface area contributed by atoms with E-state index in [1.54, 1.807) is 18.2 Å². The number of hydrogen-bond donors (Lipinski definition) is 1. The van der Waals surface area contributed by atoms with Gasteiger partial charge in [0.1, 0.15) is 22.1 Å². The van der Waals surface area contributed by atoms with Gasteiger partial charge in [-0.15, -0.1) is 0 Å². The minimum atomic E-state index is -0.279. The summed E-state index contributed by atoms with van der Waals surface area (Å²) in [6, 6.07) is 14.3. The summed E-state index contributed by atoms with van der Waals surface area (Å²) in [6.45, 7) is 1.69. The third-order valence-electron chi connectivity index (χ3n) is 3.52. The zero-order chi connectivity index (χ0) is 17.1. The number of ether oxygens (including phenoxy) is 1. The maximum absolute atomic E-state index is 12.1. The fraction of sp³-hybridized carbons (Fsp3) is 0.167. The number of hydrogen-bond acceptors (Lipinski definition) is 3. The molecule has 3 rings (SSSR count). The molecule has 0 saturated carbocycles. The monoisotopic (exact) mass is 363 g/mol. The first-order chi connectivity index (χ1) is 11.5. The number of carbonyl (C=O) groups excluding carboxylic acids is 1. The van der Waals surface area contributed by atoms with Gasteiger partial charge in [0.25, 0.3) is 5.91 Å². The number of para-hydroxylation sites is 1. The van der Waals surface area contributed by atoms with Crippen molar-refractivity contribution in [3.8, 4) is 5.75 Å². The van der Waals surface area contributed by atoms with Crippen LogP contribution >= 0.6 is 23.2 Å². The maximum Gasteiger partial charge on any atom is 0.258 e. The van der Waals surface area contributed by atoms with E-state index in [2.05, 4.69) is 5.32 Å². The Morgan fingerprint density at radius 3 is 2.79 bits per heavy atom. The molecule has 6 heteroatoms. The molecule has 2 aromatic carbocycles. The number of rotatable bonds is 5. The Labute approximate surface area is 149 Å². The van der Waals surface area contributed by atoms with Gasteiger partial charge in [0.2, 0.25) is 0 Å². The molecular formula is C18H15Cl2NO3. The van der Waals surface area contributed by atoms with Crippen molar-refractivity contribution in [3.63, 3.8) is 0 Å². The fourth-order valence-corrected chi connectivity index (χ4v) is 2.66. The molecule has 0 aliphatic carbocycles. The van der Waals surface area contributed by atoms with Gasteiger partial charge in [-0.05, 0) is 31.2 Å². The number of carbonyl (C=O) groups is 1. The summed E-state index contributed by atoms with van der Waals surface area (Å²) in [4.78, 5) is 12.1. The summed E-state index contributed by atoms with van der Waals surface area (Å²) in [5.41, 5.74) is 0.788. The minimum Gasteiger partial charge on any atom is -0.482 e.